The summed E-state index contributed by atoms with van der Waals surface area (Å²) in [5, 5.41) is 0.929. The Labute approximate surface area is 124 Å². The Morgan fingerprint density at radius 3 is 2.53 bits per heavy atom. The third-order valence-electron chi connectivity index (χ3n) is 3.84. The number of ketones is 1. The first-order valence-electron chi connectivity index (χ1n) is 6.84. The quantitative estimate of drug-likeness (QED) is 0.749. The Hall–Kier alpha value is -0.570. The van der Waals surface area contributed by atoms with Crippen molar-refractivity contribution in [2.24, 2.45) is 0 Å². The number of halogens is 2. The summed E-state index contributed by atoms with van der Waals surface area (Å²) in [4.78, 5) is 14.6. The Kier molecular flexibility index (Phi) is 5.26. The van der Waals surface area contributed by atoms with Gasteiger partial charge in [0.05, 0.1) is 16.6 Å². The van der Waals surface area contributed by atoms with Crippen molar-refractivity contribution in [1.82, 2.24) is 4.90 Å². The minimum absolute atomic E-state index is 0.118. The van der Waals surface area contributed by atoms with Crippen LogP contribution in [0.3, 0.4) is 0 Å². The second-order valence-electron chi connectivity index (χ2n) is 5.05. The largest absolute Gasteiger partial charge is 0.293 e. The molecule has 1 saturated carbocycles. The lowest BCUT2D eigenvalue weighted by Gasteiger charge is -2.26. The molecule has 1 aliphatic carbocycles. The van der Waals surface area contributed by atoms with Crippen LogP contribution in [0.15, 0.2) is 18.2 Å². The van der Waals surface area contributed by atoms with Gasteiger partial charge in [-0.25, -0.2) is 0 Å². The van der Waals surface area contributed by atoms with Crippen LogP contribution in [0.25, 0.3) is 0 Å². The summed E-state index contributed by atoms with van der Waals surface area (Å²) in [6.45, 7) is 3.50. The average molecular weight is 300 g/mol. The molecule has 0 saturated heterocycles. The molecule has 0 radical (unpaired) electrons. The molecule has 0 aliphatic heterocycles. The fraction of sp³-hybridized carbons (Fsp3) is 0.533. The Morgan fingerprint density at radius 2 is 1.95 bits per heavy atom. The van der Waals surface area contributed by atoms with Crippen molar-refractivity contribution in [2.45, 2.75) is 38.6 Å². The van der Waals surface area contributed by atoms with E-state index in [9.17, 15) is 4.79 Å². The molecule has 0 amide bonds. The van der Waals surface area contributed by atoms with Gasteiger partial charge in [0.1, 0.15) is 0 Å². The van der Waals surface area contributed by atoms with E-state index < -0.39 is 0 Å². The van der Waals surface area contributed by atoms with Gasteiger partial charge in [-0.15, -0.1) is 0 Å². The number of hydrogen-bond donors (Lipinski definition) is 0. The molecule has 104 valence electrons. The zero-order chi connectivity index (χ0) is 13.8. The van der Waals surface area contributed by atoms with Crippen molar-refractivity contribution < 1.29 is 4.79 Å². The van der Waals surface area contributed by atoms with E-state index in [0.717, 1.165) is 6.54 Å². The first-order chi connectivity index (χ1) is 9.11. The molecule has 0 aromatic heterocycles. The topological polar surface area (TPSA) is 20.3 Å². The van der Waals surface area contributed by atoms with Gasteiger partial charge >= 0.3 is 0 Å². The van der Waals surface area contributed by atoms with Crippen LogP contribution in [0.5, 0.6) is 0 Å². The predicted octanol–water partition coefficient (Wildman–Crippen LogP) is 4.44. The number of rotatable bonds is 5. The van der Waals surface area contributed by atoms with E-state index in [1.165, 1.54) is 25.7 Å². The van der Waals surface area contributed by atoms with Gasteiger partial charge in [0, 0.05) is 11.6 Å². The van der Waals surface area contributed by atoms with Gasteiger partial charge in [-0.3, -0.25) is 9.69 Å². The summed E-state index contributed by atoms with van der Waals surface area (Å²) in [5.41, 5.74) is 0.644. The predicted molar refractivity (Wildman–Crippen MR) is 80.3 cm³/mol. The van der Waals surface area contributed by atoms with Gasteiger partial charge in [0.15, 0.2) is 5.78 Å². The molecule has 1 aromatic carbocycles. The number of Topliss-reactive ketones (excluding diaryl/α,β-unsaturated/α-hetero) is 1. The molecular weight excluding hydrogens is 281 g/mol. The van der Waals surface area contributed by atoms with Gasteiger partial charge in [-0.2, -0.15) is 0 Å². The first-order valence-corrected chi connectivity index (χ1v) is 7.59. The maximum absolute atomic E-state index is 12.3. The summed E-state index contributed by atoms with van der Waals surface area (Å²) < 4.78 is 0. The maximum Gasteiger partial charge on any atom is 0.176 e. The second kappa shape index (κ2) is 6.74. The Balaban J connectivity index is 2.04. The number of carbonyl (C=O) groups is 1. The SMILES string of the molecule is CCN(CC(=O)c1ccc(Cl)c(Cl)c1)C1CCCC1. The van der Waals surface area contributed by atoms with E-state index in [1.807, 2.05) is 0 Å². The zero-order valence-corrected chi connectivity index (χ0v) is 12.7. The molecule has 1 aromatic rings. The fourth-order valence-electron chi connectivity index (χ4n) is 2.71. The van der Waals surface area contributed by atoms with Gasteiger partial charge in [-0.1, -0.05) is 43.0 Å². The van der Waals surface area contributed by atoms with E-state index in [0.29, 0.717) is 28.2 Å². The standard InChI is InChI=1S/C15H19Cl2NO/c1-2-18(12-5-3-4-6-12)10-15(19)11-7-8-13(16)14(17)9-11/h7-9,12H,2-6,10H2,1H3. The van der Waals surface area contributed by atoms with E-state index in [2.05, 4.69) is 11.8 Å². The minimum atomic E-state index is 0.118. The number of likely N-dealkylation sites (N-methyl/N-ethyl adjacent to an activating group) is 1. The number of hydrogen-bond acceptors (Lipinski definition) is 2. The highest BCUT2D eigenvalue weighted by Crippen LogP contribution is 2.25. The van der Waals surface area contributed by atoms with Crippen molar-refractivity contribution in [3.8, 4) is 0 Å². The molecule has 0 unspecified atom stereocenters. The second-order valence-corrected chi connectivity index (χ2v) is 5.87. The number of carbonyl (C=O) groups excluding carboxylic acids is 1. The molecule has 1 fully saturated rings. The van der Waals surface area contributed by atoms with Crippen LogP contribution in [0.1, 0.15) is 43.0 Å². The lowest BCUT2D eigenvalue weighted by molar-refractivity contribution is 0.0899. The van der Waals surface area contributed by atoms with E-state index >= 15 is 0 Å². The minimum Gasteiger partial charge on any atom is -0.293 e. The molecular formula is C15H19Cl2NO. The smallest absolute Gasteiger partial charge is 0.176 e. The van der Waals surface area contributed by atoms with Crippen molar-refractivity contribution in [3.63, 3.8) is 0 Å². The third-order valence-corrected chi connectivity index (χ3v) is 4.57. The Morgan fingerprint density at radius 1 is 1.26 bits per heavy atom. The molecule has 19 heavy (non-hydrogen) atoms. The van der Waals surface area contributed by atoms with E-state index in [1.54, 1.807) is 18.2 Å². The number of benzene rings is 1. The molecule has 2 rings (SSSR count). The highest BCUT2D eigenvalue weighted by Gasteiger charge is 2.23. The lowest BCUT2D eigenvalue weighted by Crippen LogP contribution is -2.37. The molecule has 1 aliphatic rings. The fourth-order valence-corrected chi connectivity index (χ4v) is 3.01. The van der Waals surface area contributed by atoms with Gasteiger partial charge < -0.3 is 0 Å². The van der Waals surface area contributed by atoms with Crippen LogP contribution >= 0.6 is 23.2 Å². The molecule has 0 N–H and O–H groups in total. The van der Waals surface area contributed by atoms with Gasteiger partial charge in [0.25, 0.3) is 0 Å². The highest BCUT2D eigenvalue weighted by atomic mass is 35.5. The van der Waals surface area contributed by atoms with Gasteiger partial charge in [0.2, 0.25) is 0 Å². The zero-order valence-electron chi connectivity index (χ0n) is 11.2. The Bertz CT molecular complexity index is 455. The summed E-state index contributed by atoms with van der Waals surface area (Å²) in [6.07, 6.45) is 4.98. The molecule has 4 heteroatoms. The van der Waals surface area contributed by atoms with Crippen LogP contribution < -0.4 is 0 Å². The molecule has 0 atom stereocenters. The first kappa shape index (κ1) is 14.8. The maximum atomic E-state index is 12.3. The van der Waals surface area contributed by atoms with Crippen LogP contribution in [0.4, 0.5) is 0 Å². The molecule has 0 spiro atoms. The number of nitrogens with zero attached hydrogens (tertiary/aromatic N) is 1. The highest BCUT2D eigenvalue weighted by molar-refractivity contribution is 6.42. The van der Waals surface area contributed by atoms with Crippen molar-refractivity contribution in [3.05, 3.63) is 33.8 Å². The normalized spacial score (nSPS) is 16.2. The molecule has 0 heterocycles. The molecule has 2 nitrogen and oxygen atoms in total. The summed E-state index contributed by atoms with van der Waals surface area (Å²) in [7, 11) is 0. The average Bonchev–Trinajstić information content (AvgIpc) is 2.92. The van der Waals surface area contributed by atoms with Crippen molar-refractivity contribution in [2.75, 3.05) is 13.1 Å². The summed E-state index contributed by atoms with van der Waals surface area (Å²) >= 11 is 11.8. The van der Waals surface area contributed by atoms with Crippen molar-refractivity contribution >= 4 is 29.0 Å². The van der Waals surface area contributed by atoms with E-state index in [4.69, 9.17) is 23.2 Å². The van der Waals surface area contributed by atoms with Crippen molar-refractivity contribution in [1.29, 1.82) is 0 Å². The molecule has 0 bridgehead atoms. The summed E-state index contributed by atoms with van der Waals surface area (Å²) in [6, 6.07) is 5.66. The van der Waals surface area contributed by atoms with Crippen LogP contribution in [0, 0.1) is 0 Å². The van der Waals surface area contributed by atoms with Crippen LogP contribution in [-0.4, -0.2) is 29.8 Å². The summed E-state index contributed by atoms with van der Waals surface area (Å²) in [5.74, 6) is 0.118. The third kappa shape index (κ3) is 3.71. The van der Waals surface area contributed by atoms with E-state index in [-0.39, 0.29) is 5.78 Å². The van der Waals surface area contributed by atoms with Crippen LogP contribution in [0.2, 0.25) is 10.0 Å². The van der Waals surface area contributed by atoms with Gasteiger partial charge in [-0.05, 0) is 37.6 Å². The monoisotopic (exact) mass is 299 g/mol. The van der Waals surface area contributed by atoms with Crippen LogP contribution in [-0.2, 0) is 0 Å². The lowest BCUT2D eigenvalue weighted by atomic mass is 10.1.